The summed E-state index contributed by atoms with van der Waals surface area (Å²) >= 11 is 1.15. The molecule has 0 bridgehead atoms. The van der Waals surface area contributed by atoms with Gasteiger partial charge in [-0.3, -0.25) is 4.79 Å². The van der Waals surface area contributed by atoms with Crippen LogP contribution in [0.3, 0.4) is 0 Å². The fraction of sp³-hybridized carbons (Fsp3) is 0.143. The molecule has 1 amide bonds. The molecule has 0 aliphatic rings. The quantitative estimate of drug-likeness (QED) is 0.373. The molecule has 8 nitrogen and oxygen atoms in total. The van der Waals surface area contributed by atoms with E-state index in [4.69, 9.17) is 4.42 Å². The lowest BCUT2D eigenvalue weighted by molar-refractivity contribution is -0.113. The normalized spacial score (nSPS) is 10.9. The molecule has 152 valence electrons. The first-order chi connectivity index (χ1) is 14.5. The highest BCUT2D eigenvalue weighted by molar-refractivity contribution is 7.99. The van der Waals surface area contributed by atoms with Gasteiger partial charge in [0.1, 0.15) is 5.69 Å². The topological polar surface area (TPSA) is 99.2 Å². The Hall–Kier alpha value is -3.59. The molecule has 30 heavy (non-hydrogen) atoms. The third-order valence-electron chi connectivity index (χ3n) is 4.49. The minimum absolute atomic E-state index is 0.107. The van der Waals surface area contributed by atoms with Crippen molar-refractivity contribution in [2.24, 2.45) is 7.05 Å². The summed E-state index contributed by atoms with van der Waals surface area (Å²) in [5.41, 5.74) is 2.87. The zero-order chi connectivity index (χ0) is 21.1. The first-order valence-corrected chi connectivity index (χ1v) is 10.0. The van der Waals surface area contributed by atoms with Crippen molar-refractivity contribution in [2.45, 2.75) is 5.22 Å². The van der Waals surface area contributed by atoms with E-state index >= 15 is 0 Å². The minimum atomic E-state index is -0.429. The highest BCUT2D eigenvalue weighted by atomic mass is 32.2. The van der Waals surface area contributed by atoms with Gasteiger partial charge in [0.05, 0.1) is 18.4 Å². The molecular formula is C21H18N4O4S. The summed E-state index contributed by atoms with van der Waals surface area (Å²) in [6.07, 6.45) is 0. The maximum absolute atomic E-state index is 12.2. The molecule has 2 aromatic heterocycles. The van der Waals surface area contributed by atoms with E-state index in [1.54, 1.807) is 24.3 Å². The van der Waals surface area contributed by atoms with Crippen molar-refractivity contribution in [3.05, 3.63) is 60.2 Å². The van der Waals surface area contributed by atoms with E-state index in [9.17, 15) is 9.59 Å². The third-order valence-corrected chi connectivity index (χ3v) is 5.31. The molecule has 2 heterocycles. The molecule has 4 rings (SSSR count). The summed E-state index contributed by atoms with van der Waals surface area (Å²) in [6, 6.07) is 16.4. The number of aryl methyl sites for hydroxylation is 1. The molecule has 1 N–H and O–H groups in total. The summed E-state index contributed by atoms with van der Waals surface area (Å²) in [5.74, 6) is -0.151. The molecule has 4 aromatic rings. The second-order valence-electron chi connectivity index (χ2n) is 6.43. The number of carbonyl (C=O) groups is 2. The van der Waals surface area contributed by atoms with Gasteiger partial charge >= 0.3 is 5.97 Å². The fourth-order valence-corrected chi connectivity index (χ4v) is 3.56. The fourth-order valence-electron chi connectivity index (χ4n) is 3.00. The van der Waals surface area contributed by atoms with Crippen LogP contribution in [-0.4, -0.2) is 39.5 Å². The van der Waals surface area contributed by atoms with Crippen LogP contribution >= 0.6 is 11.8 Å². The number of nitrogens with zero attached hydrogens (tertiary/aromatic N) is 3. The van der Waals surface area contributed by atoms with Gasteiger partial charge < -0.3 is 19.0 Å². The van der Waals surface area contributed by atoms with Gasteiger partial charge in [-0.2, -0.15) is 0 Å². The van der Waals surface area contributed by atoms with Crippen LogP contribution in [0.5, 0.6) is 0 Å². The van der Waals surface area contributed by atoms with E-state index in [1.807, 2.05) is 41.9 Å². The molecule has 0 saturated carbocycles. The molecule has 0 aliphatic carbocycles. The summed E-state index contributed by atoms with van der Waals surface area (Å²) < 4.78 is 12.4. The van der Waals surface area contributed by atoms with Crippen molar-refractivity contribution in [1.29, 1.82) is 0 Å². The van der Waals surface area contributed by atoms with Crippen LogP contribution < -0.4 is 5.32 Å². The molecule has 0 fully saturated rings. The molecule has 0 spiro atoms. The highest BCUT2D eigenvalue weighted by Crippen LogP contribution is 2.28. The van der Waals surface area contributed by atoms with E-state index in [1.165, 1.54) is 7.11 Å². The number of hydrogen-bond acceptors (Lipinski definition) is 7. The van der Waals surface area contributed by atoms with Gasteiger partial charge in [0.15, 0.2) is 0 Å². The average Bonchev–Trinajstić information content (AvgIpc) is 3.37. The van der Waals surface area contributed by atoms with E-state index in [0.29, 0.717) is 22.4 Å². The van der Waals surface area contributed by atoms with Crippen LogP contribution in [-0.2, 0) is 16.6 Å². The van der Waals surface area contributed by atoms with Crippen LogP contribution in [0.2, 0.25) is 0 Å². The Bertz CT molecular complexity index is 1210. The van der Waals surface area contributed by atoms with E-state index < -0.39 is 5.97 Å². The van der Waals surface area contributed by atoms with Crippen molar-refractivity contribution in [3.63, 3.8) is 0 Å². The maximum Gasteiger partial charge on any atom is 0.337 e. The van der Waals surface area contributed by atoms with Gasteiger partial charge in [-0.15, -0.1) is 10.2 Å². The Morgan fingerprint density at radius 1 is 1.13 bits per heavy atom. The lowest BCUT2D eigenvalue weighted by Crippen LogP contribution is -2.14. The lowest BCUT2D eigenvalue weighted by atomic mass is 10.2. The van der Waals surface area contributed by atoms with Gasteiger partial charge in [0.2, 0.25) is 5.91 Å². The number of amides is 1. The maximum atomic E-state index is 12.2. The number of nitrogens with one attached hydrogen (secondary N) is 1. The van der Waals surface area contributed by atoms with E-state index in [2.05, 4.69) is 20.3 Å². The molecule has 2 aromatic carbocycles. The Labute approximate surface area is 176 Å². The number of carbonyl (C=O) groups excluding carboxylic acids is 2. The number of rotatable bonds is 6. The zero-order valence-electron chi connectivity index (χ0n) is 16.3. The number of ether oxygens (including phenoxy) is 1. The number of methoxy groups -OCH3 is 1. The lowest BCUT2D eigenvalue weighted by Gasteiger charge is -2.05. The number of aromatic nitrogens is 3. The second-order valence-corrected chi connectivity index (χ2v) is 7.35. The summed E-state index contributed by atoms with van der Waals surface area (Å²) in [6.45, 7) is 0. The zero-order valence-corrected chi connectivity index (χ0v) is 17.1. The van der Waals surface area contributed by atoms with E-state index in [-0.39, 0.29) is 11.7 Å². The Kier molecular flexibility index (Phi) is 5.53. The van der Waals surface area contributed by atoms with Crippen molar-refractivity contribution in [1.82, 2.24) is 14.8 Å². The van der Waals surface area contributed by atoms with Crippen LogP contribution in [0.25, 0.3) is 22.5 Å². The van der Waals surface area contributed by atoms with Crippen LogP contribution in [0.1, 0.15) is 10.4 Å². The van der Waals surface area contributed by atoms with E-state index in [0.717, 1.165) is 28.4 Å². The predicted octanol–water partition coefficient (Wildman–Crippen LogP) is 3.75. The number of benzene rings is 2. The molecule has 0 unspecified atom stereocenters. The van der Waals surface area contributed by atoms with Gasteiger partial charge in [0.25, 0.3) is 11.1 Å². The van der Waals surface area contributed by atoms with Gasteiger partial charge in [-0.05, 0) is 36.4 Å². The number of fused-ring (bicyclic) bond motifs is 1. The Balaban J connectivity index is 1.37. The van der Waals surface area contributed by atoms with Crippen LogP contribution in [0.15, 0.2) is 64.2 Å². The summed E-state index contributed by atoms with van der Waals surface area (Å²) in [4.78, 5) is 23.6. The molecule has 0 radical (unpaired) electrons. The SMILES string of the molecule is COC(=O)c1ccc(NC(=O)CSc2nnc(-c3cc4ccccc4n3C)o2)cc1. The average molecular weight is 422 g/mol. The van der Waals surface area contributed by atoms with Crippen molar-refractivity contribution in [3.8, 4) is 11.6 Å². The highest BCUT2D eigenvalue weighted by Gasteiger charge is 2.15. The van der Waals surface area contributed by atoms with Crippen molar-refractivity contribution >= 4 is 40.2 Å². The number of hydrogen-bond donors (Lipinski definition) is 1. The van der Waals surface area contributed by atoms with Crippen molar-refractivity contribution < 1.29 is 18.7 Å². The van der Waals surface area contributed by atoms with Gasteiger partial charge in [-0.25, -0.2) is 4.79 Å². The number of para-hydroxylation sites is 1. The van der Waals surface area contributed by atoms with Crippen LogP contribution in [0, 0.1) is 0 Å². The number of thioether (sulfide) groups is 1. The molecule has 0 atom stereocenters. The smallest absolute Gasteiger partial charge is 0.337 e. The number of esters is 1. The first-order valence-electron chi connectivity index (χ1n) is 9.04. The van der Waals surface area contributed by atoms with Crippen LogP contribution in [0.4, 0.5) is 5.69 Å². The second kappa shape index (κ2) is 8.42. The standard InChI is InChI=1S/C21H18N4O4S/c1-25-16-6-4-3-5-14(16)11-17(25)19-23-24-21(29-19)30-12-18(26)22-15-9-7-13(8-10-15)20(27)28-2/h3-11H,12H2,1-2H3,(H,22,26). The first kappa shape index (κ1) is 19.7. The Morgan fingerprint density at radius 2 is 1.90 bits per heavy atom. The van der Waals surface area contributed by atoms with Gasteiger partial charge in [-0.1, -0.05) is 30.0 Å². The number of anilines is 1. The van der Waals surface area contributed by atoms with Gasteiger partial charge in [0, 0.05) is 23.6 Å². The summed E-state index contributed by atoms with van der Waals surface area (Å²) in [7, 11) is 3.26. The minimum Gasteiger partial charge on any atom is -0.465 e. The largest absolute Gasteiger partial charge is 0.465 e. The predicted molar refractivity (Wildman–Crippen MR) is 113 cm³/mol. The molecule has 0 saturated heterocycles. The Morgan fingerprint density at radius 3 is 2.63 bits per heavy atom. The third kappa shape index (κ3) is 4.06. The monoisotopic (exact) mass is 422 g/mol. The molecule has 0 aliphatic heterocycles. The summed E-state index contributed by atoms with van der Waals surface area (Å²) in [5, 5.41) is 12.3. The molecular weight excluding hydrogens is 404 g/mol. The molecule has 9 heteroatoms. The van der Waals surface area contributed by atoms with Crippen molar-refractivity contribution in [2.75, 3.05) is 18.2 Å².